The van der Waals surface area contributed by atoms with Crippen molar-refractivity contribution in [3.05, 3.63) is 72.3 Å². The molecule has 0 spiro atoms. The van der Waals surface area contributed by atoms with Crippen LogP contribution in [0.2, 0.25) is 0 Å². The average molecular weight is 349 g/mol. The van der Waals surface area contributed by atoms with Crippen LogP contribution in [0.25, 0.3) is 5.69 Å². The van der Waals surface area contributed by atoms with Crippen molar-refractivity contribution in [2.24, 2.45) is 0 Å². The van der Waals surface area contributed by atoms with Gasteiger partial charge in [0.15, 0.2) is 5.82 Å². The Labute approximate surface area is 153 Å². The lowest BCUT2D eigenvalue weighted by Gasteiger charge is -2.23. The second-order valence-electron chi connectivity index (χ2n) is 7.06. The summed E-state index contributed by atoms with van der Waals surface area (Å²) in [6.07, 6.45) is 1.64. The van der Waals surface area contributed by atoms with E-state index in [1.807, 2.05) is 59.2 Å². The van der Waals surface area contributed by atoms with Crippen molar-refractivity contribution in [1.82, 2.24) is 20.1 Å². The lowest BCUT2D eigenvalue weighted by atomic mass is 9.86. The summed E-state index contributed by atoms with van der Waals surface area (Å²) in [5, 5.41) is 13.8. The minimum absolute atomic E-state index is 0.0582. The third kappa shape index (κ3) is 4.08. The van der Waals surface area contributed by atoms with Crippen molar-refractivity contribution in [1.29, 1.82) is 0 Å². The third-order valence-corrected chi connectivity index (χ3v) is 4.04. The van der Waals surface area contributed by atoms with E-state index in [0.717, 1.165) is 16.9 Å². The minimum atomic E-state index is -0.274. The Balaban J connectivity index is 1.68. The van der Waals surface area contributed by atoms with Crippen LogP contribution in [0.5, 0.6) is 0 Å². The Morgan fingerprint density at radius 2 is 1.73 bits per heavy atom. The highest BCUT2D eigenvalue weighted by Gasteiger charge is 2.18. The number of carbonyl (C=O) groups is 1. The molecule has 0 saturated carbocycles. The summed E-state index contributed by atoms with van der Waals surface area (Å²) >= 11 is 0. The van der Waals surface area contributed by atoms with Crippen molar-refractivity contribution >= 4 is 11.7 Å². The SMILES string of the molecule is CC(C)(C)c1ccccc1NC(=O)NCc1nncn1-c1ccccc1. The van der Waals surface area contributed by atoms with E-state index in [2.05, 4.69) is 41.6 Å². The molecule has 6 nitrogen and oxygen atoms in total. The number of rotatable bonds is 4. The van der Waals surface area contributed by atoms with E-state index in [-0.39, 0.29) is 18.0 Å². The van der Waals surface area contributed by atoms with Crippen LogP contribution in [0.1, 0.15) is 32.2 Å². The fourth-order valence-electron chi connectivity index (χ4n) is 2.76. The molecule has 2 N–H and O–H groups in total. The average Bonchev–Trinajstić information content (AvgIpc) is 3.09. The van der Waals surface area contributed by atoms with Gasteiger partial charge < -0.3 is 10.6 Å². The van der Waals surface area contributed by atoms with Crippen LogP contribution in [0.3, 0.4) is 0 Å². The van der Waals surface area contributed by atoms with Gasteiger partial charge in [0.1, 0.15) is 6.33 Å². The zero-order chi connectivity index (χ0) is 18.6. The first kappa shape index (κ1) is 17.7. The molecule has 2 amide bonds. The molecule has 0 saturated heterocycles. The van der Waals surface area contributed by atoms with Gasteiger partial charge in [-0.3, -0.25) is 4.57 Å². The van der Waals surface area contributed by atoms with Gasteiger partial charge in [-0.25, -0.2) is 4.79 Å². The Hall–Kier alpha value is -3.15. The molecule has 0 aliphatic carbocycles. The molecule has 1 heterocycles. The summed E-state index contributed by atoms with van der Waals surface area (Å²) in [5.74, 6) is 0.662. The number of hydrogen-bond donors (Lipinski definition) is 2. The fourth-order valence-corrected chi connectivity index (χ4v) is 2.76. The molecule has 3 rings (SSSR count). The van der Waals surface area contributed by atoms with Gasteiger partial charge in [0, 0.05) is 11.4 Å². The summed E-state index contributed by atoms with van der Waals surface area (Å²) < 4.78 is 1.85. The summed E-state index contributed by atoms with van der Waals surface area (Å²) in [5.41, 5.74) is 2.79. The number of hydrogen-bond acceptors (Lipinski definition) is 3. The highest BCUT2D eigenvalue weighted by Crippen LogP contribution is 2.29. The molecule has 0 fully saturated rings. The molecule has 3 aromatic rings. The van der Waals surface area contributed by atoms with Crippen LogP contribution in [0.15, 0.2) is 60.9 Å². The van der Waals surface area contributed by atoms with Crippen LogP contribution < -0.4 is 10.6 Å². The molecule has 0 atom stereocenters. The second kappa shape index (κ2) is 7.39. The van der Waals surface area contributed by atoms with Crippen molar-refractivity contribution in [2.75, 3.05) is 5.32 Å². The topological polar surface area (TPSA) is 71.8 Å². The lowest BCUT2D eigenvalue weighted by molar-refractivity contribution is 0.251. The van der Waals surface area contributed by atoms with E-state index in [0.29, 0.717) is 5.82 Å². The van der Waals surface area contributed by atoms with Crippen molar-refractivity contribution in [3.8, 4) is 5.69 Å². The lowest BCUT2D eigenvalue weighted by Crippen LogP contribution is -2.30. The van der Waals surface area contributed by atoms with E-state index in [1.54, 1.807) is 6.33 Å². The highest BCUT2D eigenvalue weighted by atomic mass is 16.2. The minimum Gasteiger partial charge on any atom is -0.331 e. The number of carbonyl (C=O) groups excluding carboxylic acids is 1. The van der Waals surface area contributed by atoms with E-state index in [9.17, 15) is 4.79 Å². The first-order valence-corrected chi connectivity index (χ1v) is 8.54. The third-order valence-electron chi connectivity index (χ3n) is 4.04. The number of anilines is 1. The number of nitrogens with one attached hydrogen (secondary N) is 2. The van der Waals surface area contributed by atoms with E-state index in [1.165, 1.54) is 0 Å². The smallest absolute Gasteiger partial charge is 0.319 e. The van der Waals surface area contributed by atoms with E-state index < -0.39 is 0 Å². The molecule has 0 aliphatic heterocycles. The van der Waals surface area contributed by atoms with E-state index >= 15 is 0 Å². The van der Waals surface area contributed by atoms with Gasteiger partial charge in [0.05, 0.1) is 6.54 Å². The Morgan fingerprint density at radius 3 is 2.46 bits per heavy atom. The van der Waals surface area contributed by atoms with E-state index in [4.69, 9.17) is 0 Å². The van der Waals surface area contributed by atoms with Crippen LogP contribution in [-0.2, 0) is 12.0 Å². The number of para-hydroxylation sites is 2. The van der Waals surface area contributed by atoms with Gasteiger partial charge in [-0.2, -0.15) is 0 Å². The predicted octanol–water partition coefficient (Wildman–Crippen LogP) is 3.89. The number of amides is 2. The first-order valence-electron chi connectivity index (χ1n) is 8.54. The van der Waals surface area contributed by atoms with Gasteiger partial charge in [0.2, 0.25) is 0 Å². The molecule has 6 heteroatoms. The maximum atomic E-state index is 12.4. The van der Waals surface area contributed by atoms with Crippen LogP contribution in [0, 0.1) is 0 Å². The number of aromatic nitrogens is 3. The largest absolute Gasteiger partial charge is 0.331 e. The molecule has 0 bridgehead atoms. The van der Waals surface area contributed by atoms with Crippen molar-refractivity contribution < 1.29 is 4.79 Å². The Morgan fingerprint density at radius 1 is 1.04 bits per heavy atom. The number of benzene rings is 2. The predicted molar refractivity (Wildman–Crippen MR) is 102 cm³/mol. The fraction of sp³-hybridized carbons (Fsp3) is 0.250. The highest BCUT2D eigenvalue weighted by molar-refractivity contribution is 5.90. The summed E-state index contributed by atoms with van der Waals surface area (Å²) in [7, 11) is 0. The zero-order valence-corrected chi connectivity index (χ0v) is 15.2. The van der Waals surface area contributed by atoms with Crippen molar-refractivity contribution in [3.63, 3.8) is 0 Å². The van der Waals surface area contributed by atoms with Crippen LogP contribution in [-0.4, -0.2) is 20.8 Å². The van der Waals surface area contributed by atoms with Crippen LogP contribution in [0.4, 0.5) is 10.5 Å². The second-order valence-corrected chi connectivity index (χ2v) is 7.06. The molecule has 26 heavy (non-hydrogen) atoms. The summed E-state index contributed by atoms with van der Waals surface area (Å²) in [6.45, 7) is 6.63. The molecule has 1 aromatic heterocycles. The van der Waals surface area contributed by atoms with Gasteiger partial charge in [-0.05, 0) is 29.2 Å². The van der Waals surface area contributed by atoms with Gasteiger partial charge in [-0.1, -0.05) is 57.2 Å². The first-order chi connectivity index (χ1) is 12.4. The van der Waals surface area contributed by atoms with Gasteiger partial charge in [-0.15, -0.1) is 10.2 Å². The monoisotopic (exact) mass is 349 g/mol. The number of urea groups is 1. The molecule has 134 valence electrons. The molecular weight excluding hydrogens is 326 g/mol. The maximum absolute atomic E-state index is 12.4. The normalized spacial score (nSPS) is 11.2. The quantitative estimate of drug-likeness (QED) is 0.751. The van der Waals surface area contributed by atoms with Gasteiger partial charge >= 0.3 is 6.03 Å². The standard InChI is InChI=1S/C20H23N5O/c1-20(2,3)16-11-7-8-12-17(16)23-19(26)21-13-18-24-22-14-25(18)15-9-5-4-6-10-15/h4-12,14H,13H2,1-3H3,(H2,21,23,26). The Bertz CT molecular complexity index is 880. The molecular formula is C20H23N5O. The van der Waals surface area contributed by atoms with Crippen LogP contribution >= 0.6 is 0 Å². The van der Waals surface area contributed by atoms with Crippen molar-refractivity contribution in [2.45, 2.75) is 32.7 Å². The summed E-state index contributed by atoms with van der Waals surface area (Å²) in [4.78, 5) is 12.4. The molecule has 0 aliphatic rings. The maximum Gasteiger partial charge on any atom is 0.319 e. The molecule has 2 aromatic carbocycles. The summed E-state index contributed by atoms with van der Waals surface area (Å²) in [6, 6.07) is 17.3. The Kier molecular flexibility index (Phi) is 5.02. The molecule has 0 unspecified atom stereocenters. The number of nitrogens with zero attached hydrogens (tertiary/aromatic N) is 3. The zero-order valence-electron chi connectivity index (χ0n) is 15.2. The van der Waals surface area contributed by atoms with Gasteiger partial charge in [0.25, 0.3) is 0 Å². The molecule has 0 radical (unpaired) electrons.